The molecule has 0 aliphatic carbocycles. The molecule has 0 radical (unpaired) electrons. The summed E-state index contributed by atoms with van der Waals surface area (Å²) < 4.78 is 0. The third-order valence-electron chi connectivity index (χ3n) is 3.91. The van der Waals surface area contributed by atoms with E-state index in [2.05, 4.69) is 46.9 Å². The maximum atomic E-state index is 10.8. The molecular weight excluding hydrogens is 276 g/mol. The Hall–Kier alpha value is -1.42. The molecule has 0 heterocycles. The van der Waals surface area contributed by atoms with Crippen molar-refractivity contribution in [3.05, 3.63) is 39.9 Å². The molecule has 1 aromatic rings. The van der Waals surface area contributed by atoms with E-state index in [0.717, 1.165) is 6.42 Å². The third kappa shape index (κ3) is 5.41. The molecule has 2 unspecified atom stereocenters. The van der Waals surface area contributed by atoms with Crippen molar-refractivity contribution >= 4 is 5.69 Å². The number of nitro benzene ring substituents is 1. The summed E-state index contributed by atoms with van der Waals surface area (Å²) in [5.74, 6) is 1.43. The van der Waals surface area contributed by atoms with Crippen molar-refractivity contribution in [2.75, 3.05) is 0 Å². The first-order valence-electron chi connectivity index (χ1n) is 8.22. The number of nitro groups is 1. The fraction of sp³-hybridized carbons (Fsp3) is 0.667. The van der Waals surface area contributed by atoms with Crippen LogP contribution in [0.25, 0.3) is 0 Å². The van der Waals surface area contributed by atoms with Crippen LogP contribution in [0.4, 0.5) is 5.69 Å². The molecule has 0 aromatic heterocycles. The second-order valence-electron chi connectivity index (χ2n) is 7.18. The summed E-state index contributed by atoms with van der Waals surface area (Å²) in [6, 6.07) is 7.86. The molecular formula is C18H30N2O2. The Bertz CT molecular complexity index is 456. The highest BCUT2D eigenvalue weighted by atomic mass is 16.6. The smallest absolute Gasteiger partial charge is 0.269 e. The maximum absolute atomic E-state index is 10.8. The third-order valence-corrected chi connectivity index (χ3v) is 3.91. The van der Waals surface area contributed by atoms with Gasteiger partial charge in [0.25, 0.3) is 5.69 Å². The van der Waals surface area contributed by atoms with Gasteiger partial charge in [0.15, 0.2) is 0 Å². The van der Waals surface area contributed by atoms with Crippen LogP contribution < -0.4 is 5.32 Å². The quantitative estimate of drug-likeness (QED) is 0.557. The standard InChI is InChI=1S/C18H30N2O2/c1-12(2)11-17(19-14(5)6)18(13(3)4)15-7-9-16(10-8-15)20(21)22/h7-10,12-14,17-19H,11H2,1-6H3. The van der Waals surface area contributed by atoms with Crippen LogP contribution in [-0.2, 0) is 0 Å². The highest BCUT2D eigenvalue weighted by Crippen LogP contribution is 2.32. The van der Waals surface area contributed by atoms with Gasteiger partial charge in [0.1, 0.15) is 0 Å². The van der Waals surface area contributed by atoms with Crippen molar-refractivity contribution in [2.45, 2.75) is 66.0 Å². The normalized spacial score (nSPS) is 14.6. The summed E-state index contributed by atoms with van der Waals surface area (Å²) in [6.07, 6.45) is 1.10. The lowest BCUT2D eigenvalue weighted by molar-refractivity contribution is -0.384. The minimum atomic E-state index is -0.341. The van der Waals surface area contributed by atoms with Gasteiger partial charge in [-0.2, -0.15) is 0 Å². The largest absolute Gasteiger partial charge is 0.311 e. The van der Waals surface area contributed by atoms with Crippen molar-refractivity contribution in [3.8, 4) is 0 Å². The molecule has 1 N–H and O–H groups in total. The molecule has 0 aliphatic rings. The predicted octanol–water partition coefficient (Wildman–Crippen LogP) is 4.75. The number of rotatable bonds is 8. The monoisotopic (exact) mass is 306 g/mol. The Morgan fingerprint density at radius 1 is 1.05 bits per heavy atom. The topological polar surface area (TPSA) is 55.2 Å². The van der Waals surface area contributed by atoms with Gasteiger partial charge in [0.2, 0.25) is 0 Å². The average Bonchev–Trinajstić information content (AvgIpc) is 2.37. The zero-order valence-electron chi connectivity index (χ0n) is 14.7. The first-order valence-corrected chi connectivity index (χ1v) is 8.22. The fourth-order valence-corrected chi connectivity index (χ4v) is 3.15. The molecule has 2 atom stereocenters. The van der Waals surface area contributed by atoms with Crippen molar-refractivity contribution in [1.82, 2.24) is 5.32 Å². The summed E-state index contributed by atoms with van der Waals surface area (Å²) in [5, 5.41) is 14.5. The zero-order valence-corrected chi connectivity index (χ0v) is 14.7. The number of benzene rings is 1. The summed E-state index contributed by atoms with van der Waals surface area (Å²) in [4.78, 5) is 10.5. The molecule has 22 heavy (non-hydrogen) atoms. The van der Waals surface area contributed by atoms with E-state index in [1.807, 2.05) is 12.1 Å². The Kier molecular flexibility index (Phi) is 7.01. The number of hydrogen-bond donors (Lipinski definition) is 1. The molecule has 0 fully saturated rings. The van der Waals surface area contributed by atoms with Gasteiger partial charge < -0.3 is 5.32 Å². The van der Waals surface area contributed by atoms with Gasteiger partial charge in [-0.05, 0) is 23.8 Å². The summed E-state index contributed by atoms with van der Waals surface area (Å²) in [7, 11) is 0. The number of nitrogens with zero attached hydrogens (tertiary/aromatic N) is 1. The molecule has 4 nitrogen and oxygen atoms in total. The highest BCUT2D eigenvalue weighted by Gasteiger charge is 2.27. The van der Waals surface area contributed by atoms with E-state index in [-0.39, 0.29) is 10.6 Å². The van der Waals surface area contributed by atoms with Crippen LogP contribution in [0.3, 0.4) is 0 Å². The lowest BCUT2D eigenvalue weighted by Gasteiger charge is -2.34. The van der Waals surface area contributed by atoms with E-state index < -0.39 is 0 Å². The van der Waals surface area contributed by atoms with E-state index in [1.165, 1.54) is 5.56 Å². The SMILES string of the molecule is CC(C)CC(NC(C)C)C(c1ccc([N+](=O)[O-])cc1)C(C)C. The first kappa shape index (κ1) is 18.6. The lowest BCUT2D eigenvalue weighted by atomic mass is 9.79. The Morgan fingerprint density at radius 2 is 1.59 bits per heavy atom. The van der Waals surface area contributed by atoms with Crippen molar-refractivity contribution in [2.24, 2.45) is 11.8 Å². The van der Waals surface area contributed by atoms with E-state index >= 15 is 0 Å². The van der Waals surface area contributed by atoms with Gasteiger partial charge in [-0.3, -0.25) is 10.1 Å². The first-order chi connectivity index (χ1) is 10.2. The minimum Gasteiger partial charge on any atom is -0.311 e. The summed E-state index contributed by atoms with van der Waals surface area (Å²) in [6.45, 7) is 13.3. The van der Waals surface area contributed by atoms with Crippen LogP contribution in [-0.4, -0.2) is 17.0 Å². The Balaban J connectivity index is 3.09. The van der Waals surface area contributed by atoms with E-state index in [9.17, 15) is 10.1 Å². The zero-order chi connectivity index (χ0) is 16.9. The molecule has 4 heteroatoms. The molecule has 0 bridgehead atoms. The molecule has 0 amide bonds. The Morgan fingerprint density at radius 3 is 1.95 bits per heavy atom. The van der Waals surface area contributed by atoms with Crippen molar-refractivity contribution < 1.29 is 4.92 Å². The summed E-state index contributed by atoms with van der Waals surface area (Å²) >= 11 is 0. The van der Waals surface area contributed by atoms with Gasteiger partial charge in [-0.15, -0.1) is 0 Å². The molecule has 0 saturated carbocycles. The van der Waals surface area contributed by atoms with Crippen molar-refractivity contribution in [1.29, 1.82) is 0 Å². The van der Waals surface area contributed by atoms with Crippen LogP contribution in [0.1, 0.15) is 59.4 Å². The number of non-ortho nitro benzene ring substituents is 1. The van der Waals surface area contributed by atoms with Crippen LogP contribution in [0, 0.1) is 22.0 Å². The number of hydrogen-bond acceptors (Lipinski definition) is 3. The maximum Gasteiger partial charge on any atom is 0.269 e. The molecule has 1 aromatic carbocycles. The van der Waals surface area contributed by atoms with Crippen molar-refractivity contribution in [3.63, 3.8) is 0 Å². The van der Waals surface area contributed by atoms with Gasteiger partial charge >= 0.3 is 0 Å². The van der Waals surface area contributed by atoms with E-state index in [0.29, 0.717) is 29.8 Å². The second kappa shape index (κ2) is 8.28. The van der Waals surface area contributed by atoms with E-state index in [1.54, 1.807) is 12.1 Å². The van der Waals surface area contributed by atoms with E-state index in [4.69, 9.17) is 0 Å². The van der Waals surface area contributed by atoms with Crippen LogP contribution in [0.5, 0.6) is 0 Å². The Labute approximate surface area is 134 Å². The fourth-order valence-electron chi connectivity index (χ4n) is 3.15. The molecule has 0 aliphatic heterocycles. The minimum absolute atomic E-state index is 0.156. The molecule has 0 spiro atoms. The number of nitrogens with one attached hydrogen (secondary N) is 1. The molecule has 1 rings (SSSR count). The summed E-state index contributed by atoms with van der Waals surface area (Å²) in [5.41, 5.74) is 1.34. The highest BCUT2D eigenvalue weighted by molar-refractivity contribution is 5.35. The lowest BCUT2D eigenvalue weighted by Crippen LogP contribution is -2.42. The molecule has 124 valence electrons. The van der Waals surface area contributed by atoms with Gasteiger partial charge in [-0.1, -0.05) is 53.7 Å². The van der Waals surface area contributed by atoms with Gasteiger partial charge in [0.05, 0.1) is 4.92 Å². The molecule has 0 saturated heterocycles. The predicted molar refractivity (Wildman–Crippen MR) is 92.2 cm³/mol. The van der Waals surface area contributed by atoms with Gasteiger partial charge in [0, 0.05) is 30.1 Å². The second-order valence-corrected chi connectivity index (χ2v) is 7.18. The van der Waals surface area contributed by atoms with Gasteiger partial charge in [-0.25, -0.2) is 0 Å². The average molecular weight is 306 g/mol. The van der Waals surface area contributed by atoms with Crippen LogP contribution in [0.15, 0.2) is 24.3 Å². The van der Waals surface area contributed by atoms with Crippen LogP contribution in [0.2, 0.25) is 0 Å². The van der Waals surface area contributed by atoms with Crippen LogP contribution >= 0.6 is 0 Å².